The van der Waals surface area contributed by atoms with Gasteiger partial charge in [0.05, 0.1) is 21.7 Å². The number of halogens is 5. The Kier molecular flexibility index (Phi) is 7.33. The fourth-order valence-corrected chi connectivity index (χ4v) is 4.65. The molecule has 3 heterocycles. The van der Waals surface area contributed by atoms with Gasteiger partial charge in [-0.1, -0.05) is 29.8 Å². The van der Waals surface area contributed by atoms with E-state index in [1.807, 2.05) is 11.0 Å². The molecular formula is C24H21ClF4N4O2S. The molecule has 1 aliphatic rings. The van der Waals surface area contributed by atoms with Crippen molar-refractivity contribution in [2.75, 3.05) is 22.7 Å². The smallest absolute Gasteiger partial charge is 0.418 e. The summed E-state index contributed by atoms with van der Waals surface area (Å²) in [6.07, 6.45) is -3.74. The SMILES string of the molecule is CC1(C(=O)O)CCN(c2cccc(SNc3ccc(C(F)(F)F)c(-c4cccc(F)c4Cl)n3)n2)CC1. The molecule has 3 aromatic rings. The maximum absolute atomic E-state index is 13.9. The first kappa shape index (κ1) is 26.0. The number of benzene rings is 1. The Labute approximate surface area is 213 Å². The van der Waals surface area contributed by atoms with E-state index in [1.54, 1.807) is 19.1 Å². The molecule has 4 rings (SSSR count). The van der Waals surface area contributed by atoms with Crippen molar-refractivity contribution in [2.45, 2.75) is 31.0 Å². The molecule has 2 aromatic heterocycles. The standard InChI is InChI=1S/C24H21ClF4N4O2S/c1-23(22(34)35)10-12-33(13-11-23)18-6-3-7-19(31-18)36-32-17-9-8-15(24(27,28)29)21(30-17)14-4-2-5-16(26)20(14)25/h2-9H,10-13H2,1H3,(H,30,32)(H,34,35). The third-order valence-electron chi connectivity index (χ3n) is 6.08. The van der Waals surface area contributed by atoms with Crippen LogP contribution in [0.1, 0.15) is 25.3 Å². The number of carboxylic acids is 1. The van der Waals surface area contributed by atoms with Gasteiger partial charge in [-0.05, 0) is 50.1 Å². The largest absolute Gasteiger partial charge is 0.481 e. The predicted octanol–water partition coefficient (Wildman–Crippen LogP) is 6.77. The minimum absolute atomic E-state index is 0.103. The quantitative estimate of drug-likeness (QED) is 0.264. The molecule has 0 aliphatic carbocycles. The summed E-state index contributed by atoms with van der Waals surface area (Å²) in [5, 5.41) is 9.50. The minimum Gasteiger partial charge on any atom is -0.481 e. The van der Waals surface area contributed by atoms with E-state index in [-0.39, 0.29) is 11.4 Å². The molecule has 0 saturated carbocycles. The summed E-state index contributed by atoms with van der Waals surface area (Å²) in [5.41, 5.74) is -2.46. The summed E-state index contributed by atoms with van der Waals surface area (Å²) in [4.78, 5) is 22.1. The molecule has 6 nitrogen and oxygen atoms in total. The predicted molar refractivity (Wildman–Crippen MR) is 131 cm³/mol. The zero-order valence-corrected chi connectivity index (χ0v) is 20.5. The molecule has 1 aliphatic heterocycles. The number of nitrogens with zero attached hydrogens (tertiary/aromatic N) is 3. The topological polar surface area (TPSA) is 78.4 Å². The molecule has 12 heteroatoms. The number of carbonyl (C=O) groups is 1. The molecule has 2 N–H and O–H groups in total. The molecule has 0 amide bonds. The average Bonchev–Trinajstić information content (AvgIpc) is 2.84. The number of rotatable bonds is 6. The lowest BCUT2D eigenvalue weighted by Gasteiger charge is -2.37. The van der Waals surface area contributed by atoms with Gasteiger partial charge >= 0.3 is 12.1 Å². The molecule has 0 atom stereocenters. The van der Waals surface area contributed by atoms with Gasteiger partial charge in [0.2, 0.25) is 0 Å². The van der Waals surface area contributed by atoms with Crippen molar-refractivity contribution in [3.63, 3.8) is 0 Å². The molecule has 1 aromatic carbocycles. The van der Waals surface area contributed by atoms with E-state index in [0.29, 0.717) is 36.8 Å². The van der Waals surface area contributed by atoms with E-state index in [9.17, 15) is 27.5 Å². The second-order valence-corrected chi connectivity index (χ2v) is 9.79. The van der Waals surface area contributed by atoms with E-state index in [0.717, 1.165) is 24.1 Å². The zero-order valence-electron chi connectivity index (χ0n) is 18.9. The van der Waals surface area contributed by atoms with Crippen molar-refractivity contribution in [3.8, 4) is 11.3 Å². The van der Waals surface area contributed by atoms with Crippen LogP contribution in [0.4, 0.5) is 29.2 Å². The Morgan fingerprint density at radius 3 is 2.47 bits per heavy atom. The molecule has 0 bridgehead atoms. The minimum atomic E-state index is -4.72. The van der Waals surface area contributed by atoms with E-state index in [1.165, 1.54) is 18.2 Å². The Morgan fingerprint density at radius 2 is 1.81 bits per heavy atom. The van der Waals surface area contributed by atoms with Crippen LogP contribution in [0.3, 0.4) is 0 Å². The highest BCUT2D eigenvalue weighted by Crippen LogP contribution is 2.40. The highest BCUT2D eigenvalue weighted by molar-refractivity contribution is 8.00. The number of aromatic nitrogens is 2. The number of hydrogen-bond acceptors (Lipinski definition) is 6. The van der Waals surface area contributed by atoms with Crippen LogP contribution < -0.4 is 9.62 Å². The summed E-state index contributed by atoms with van der Waals surface area (Å²) in [5.74, 6) is -0.890. The Morgan fingerprint density at radius 1 is 1.11 bits per heavy atom. The van der Waals surface area contributed by atoms with Crippen molar-refractivity contribution in [1.29, 1.82) is 0 Å². The van der Waals surface area contributed by atoms with Gasteiger partial charge in [-0.25, -0.2) is 14.4 Å². The summed E-state index contributed by atoms with van der Waals surface area (Å²) >= 11 is 6.99. The maximum atomic E-state index is 13.9. The monoisotopic (exact) mass is 540 g/mol. The maximum Gasteiger partial charge on any atom is 0.418 e. The number of hydrogen-bond donors (Lipinski definition) is 2. The van der Waals surface area contributed by atoms with Gasteiger partial charge < -0.3 is 14.7 Å². The summed E-state index contributed by atoms with van der Waals surface area (Å²) < 4.78 is 57.7. The van der Waals surface area contributed by atoms with E-state index in [2.05, 4.69) is 14.7 Å². The second-order valence-electron chi connectivity index (χ2n) is 8.58. The Hall–Kier alpha value is -3.05. The zero-order chi connectivity index (χ0) is 26.1. The second kappa shape index (κ2) is 10.1. The van der Waals surface area contributed by atoms with Crippen LogP contribution in [0.25, 0.3) is 11.3 Å². The third-order valence-corrected chi connectivity index (χ3v) is 7.22. The summed E-state index contributed by atoms with van der Waals surface area (Å²) in [7, 11) is 0. The fourth-order valence-electron chi connectivity index (χ4n) is 3.82. The van der Waals surface area contributed by atoms with Gasteiger partial charge in [0, 0.05) is 30.6 Å². The van der Waals surface area contributed by atoms with Crippen molar-refractivity contribution in [3.05, 3.63) is 64.9 Å². The first-order valence-corrected chi connectivity index (χ1v) is 12.1. The van der Waals surface area contributed by atoms with Crippen LogP contribution in [0.2, 0.25) is 5.02 Å². The van der Waals surface area contributed by atoms with Crippen LogP contribution in [0.15, 0.2) is 53.6 Å². The van der Waals surface area contributed by atoms with Crippen LogP contribution in [-0.4, -0.2) is 34.1 Å². The van der Waals surface area contributed by atoms with Crippen LogP contribution in [-0.2, 0) is 11.0 Å². The highest BCUT2D eigenvalue weighted by atomic mass is 35.5. The van der Waals surface area contributed by atoms with Gasteiger partial charge in [0.15, 0.2) is 0 Å². The normalized spacial score (nSPS) is 15.6. The van der Waals surface area contributed by atoms with Crippen molar-refractivity contribution < 1.29 is 27.5 Å². The molecule has 0 radical (unpaired) electrons. The van der Waals surface area contributed by atoms with Crippen LogP contribution >= 0.6 is 23.5 Å². The average molecular weight is 541 g/mol. The number of pyridine rings is 2. The molecule has 0 spiro atoms. The molecule has 0 unspecified atom stereocenters. The molecule has 1 saturated heterocycles. The molecule has 36 heavy (non-hydrogen) atoms. The number of carboxylic acid groups (broad SMARTS) is 1. The number of anilines is 2. The lowest BCUT2D eigenvalue weighted by atomic mass is 9.80. The number of piperidine rings is 1. The van der Waals surface area contributed by atoms with E-state index < -0.39 is 39.7 Å². The van der Waals surface area contributed by atoms with Crippen molar-refractivity contribution >= 4 is 41.2 Å². The first-order valence-electron chi connectivity index (χ1n) is 10.9. The third kappa shape index (κ3) is 5.52. The van der Waals surface area contributed by atoms with Gasteiger partial charge in [0.1, 0.15) is 22.5 Å². The lowest BCUT2D eigenvalue weighted by molar-refractivity contribution is -0.149. The first-order chi connectivity index (χ1) is 17.0. The molecular weight excluding hydrogens is 520 g/mol. The van der Waals surface area contributed by atoms with Gasteiger partial charge in [-0.3, -0.25) is 4.79 Å². The van der Waals surface area contributed by atoms with E-state index >= 15 is 0 Å². The van der Waals surface area contributed by atoms with Crippen LogP contribution in [0, 0.1) is 11.2 Å². The molecule has 190 valence electrons. The highest BCUT2D eigenvalue weighted by Gasteiger charge is 2.37. The van der Waals surface area contributed by atoms with E-state index in [4.69, 9.17) is 11.6 Å². The number of alkyl halides is 3. The molecule has 1 fully saturated rings. The summed E-state index contributed by atoms with van der Waals surface area (Å²) in [6.45, 7) is 2.81. The number of aliphatic carboxylic acids is 1. The lowest BCUT2D eigenvalue weighted by Crippen LogP contribution is -2.43. The van der Waals surface area contributed by atoms with Gasteiger partial charge in [-0.2, -0.15) is 13.2 Å². The van der Waals surface area contributed by atoms with Crippen molar-refractivity contribution in [1.82, 2.24) is 9.97 Å². The Bertz CT molecular complexity index is 1280. The summed E-state index contributed by atoms with van der Waals surface area (Å²) in [6, 6.07) is 11.0. The van der Waals surface area contributed by atoms with Gasteiger partial charge in [-0.15, -0.1) is 0 Å². The fraction of sp³-hybridized carbons (Fsp3) is 0.292. The Balaban J connectivity index is 1.53. The van der Waals surface area contributed by atoms with Crippen molar-refractivity contribution in [2.24, 2.45) is 5.41 Å². The van der Waals surface area contributed by atoms with Gasteiger partial charge in [0.25, 0.3) is 0 Å². The number of nitrogens with one attached hydrogen (secondary N) is 1. The van der Waals surface area contributed by atoms with Crippen LogP contribution in [0.5, 0.6) is 0 Å².